The molecule has 1 aliphatic heterocycles. The Hall–Kier alpha value is -1.01. The van der Waals surface area contributed by atoms with E-state index in [0.29, 0.717) is 5.95 Å². The van der Waals surface area contributed by atoms with E-state index < -0.39 is 0 Å². The predicted octanol–water partition coefficient (Wildman–Crippen LogP) is 0.930. The summed E-state index contributed by atoms with van der Waals surface area (Å²) in [5.41, 5.74) is 0. The Kier molecular flexibility index (Phi) is 3.27. The molecule has 1 aromatic rings. The van der Waals surface area contributed by atoms with Crippen molar-refractivity contribution < 1.29 is 4.79 Å². The highest BCUT2D eigenvalue weighted by Crippen LogP contribution is 2.09. The van der Waals surface area contributed by atoms with Crippen LogP contribution in [0.4, 0.5) is 5.95 Å². The Morgan fingerprint density at radius 3 is 2.87 bits per heavy atom. The van der Waals surface area contributed by atoms with Crippen LogP contribution < -0.4 is 10.6 Å². The second-order valence-electron chi connectivity index (χ2n) is 3.36. The summed E-state index contributed by atoms with van der Waals surface area (Å²) in [4.78, 5) is 19.6. The number of nitrogens with zero attached hydrogens (tertiary/aromatic N) is 2. The lowest BCUT2D eigenvalue weighted by Crippen LogP contribution is -2.35. The van der Waals surface area contributed by atoms with Crippen molar-refractivity contribution in [1.82, 2.24) is 15.3 Å². The maximum absolute atomic E-state index is 11.6. The zero-order chi connectivity index (χ0) is 10.7. The van der Waals surface area contributed by atoms with Crippen LogP contribution in [-0.2, 0) is 4.79 Å². The molecule has 1 unspecified atom stereocenters. The van der Waals surface area contributed by atoms with Gasteiger partial charge < -0.3 is 5.32 Å². The fraction of sp³-hybridized carbons (Fsp3) is 0.444. The average molecular weight is 271 g/mol. The lowest BCUT2D eigenvalue weighted by atomic mass is 10.2. The standard InChI is InChI=1S/C9H11BrN4O/c10-6-4-12-9(13-5-6)14-8(15)7-2-1-3-11-7/h4-5,7,11H,1-3H2,(H,12,13,14,15). The van der Waals surface area contributed by atoms with Gasteiger partial charge in [-0.2, -0.15) is 0 Å². The minimum atomic E-state index is -0.0998. The molecule has 1 saturated heterocycles. The predicted molar refractivity (Wildman–Crippen MR) is 59.4 cm³/mol. The largest absolute Gasteiger partial charge is 0.306 e. The molecule has 2 rings (SSSR count). The summed E-state index contributed by atoms with van der Waals surface area (Å²) >= 11 is 3.23. The first-order chi connectivity index (χ1) is 7.25. The van der Waals surface area contributed by atoms with Crippen LogP contribution in [0.2, 0.25) is 0 Å². The van der Waals surface area contributed by atoms with Gasteiger partial charge >= 0.3 is 0 Å². The normalized spacial score (nSPS) is 20.2. The van der Waals surface area contributed by atoms with Gasteiger partial charge in [0.2, 0.25) is 11.9 Å². The van der Waals surface area contributed by atoms with E-state index >= 15 is 0 Å². The molecular formula is C9H11BrN4O. The van der Waals surface area contributed by atoms with Crippen LogP contribution >= 0.6 is 15.9 Å². The van der Waals surface area contributed by atoms with Crippen molar-refractivity contribution in [3.8, 4) is 0 Å². The maximum atomic E-state index is 11.6. The van der Waals surface area contributed by atoms with Crippen molar-refractivity contribution in [2.75, 3.05) is 11.9 Å². The van der Waals surface area contributed by atoms with E-state index in [0.717, 1.165) is 23.9 Å². The fourth-order valence-corrected chi connectivity index (χ4v) is 1.69. The molecule has 2 heterocycles. The topological polar surface area (TPSA) is 66.9 Å². The molecule has 5 nitrogen and oxygen atoms in total. The van der Waals surface area contributed by atoms with E-state index in [1.54, 1.807) is 12.4 Å². The molecule has 0 aromatic carbocycles. The van der Waals surface area contributed by atoms with Crippen LogP contribution in [-0.4, -0.2) is 28.5 Å². The van der Waals surface area contributed by atoms with Gasteiger partial charge in [-0.25, -0.2) is 9.97 Å². The van der Waals surface area contributed by atoms with Gasteiger partial charge in [0, 0.05) is 12.4 Å². The molecule has 15 heavy (non-hydrogen) atoms. The number of amides is 1. The number of anilines is 1. The Morgan fingerprint density at radius 1 is 1.53 bits per heavy atom. The molecule has 1 aromatic heterocycles. The van der Waals surface area contributed by atoms with Gasteiger partial charge in [-0.15, -0.1) is 0 Å². The molecule has 2 N–H and O–H groups in total. The quantitative estimate of drug-likeness (QED) is 0.839. The van der Waals surface area contributed by atoms with Crippen LogP contribution in [0.15, 0.2) is 16.9 Å². The van der Waals surface area contributed by atoms with Gasteiger partial charge in [0.15, 0.2) is 0 Å². The average Bonchev–Trinajstić information content (AvgIpc) is 2.74. The summed E-state index contributed by atoms with van der Waals surface area (Å²) in [5, 5.41) is 5.78. The van der Waals surface area contributed by atoms with Crippen molar-refractivity contribution >= 4 is 27.8 Å². The summed E-state index contributed by atoms with van der Waals surface area (Å²) in [6.07, 6.45) is 5.12. The van der Waals surface area contributed by atoms with Crippen LogP contribution in [0, 0.1) is 0 Å². The van der Waals surface area contributed by atoms with E-state index in [2.05, 4.69) is 36.5 Å². The first-order valence-electron chi connectivity index (χ1n) is 4.77. The molecule has 0 spiro atoms. The summed E-state index contributed by atoms with van der Waals surface area (Å²) in [6, 6.07) is -0.0998. The van der Waals surface area contributed by atoms with Gasteiger partial charge in [0.1, 0.15) is 0 Å². The van der Waals surface area contributed by atoms with Crippen LogP contribution in [0.5, 0.6) is 0 Å². The molecule has 0 radical (unpaired) electrons. The number of rotatable bonds is 2. The van der Waals surface area contributed by atoms with Gasteiger partial charge in [-0.1, -0.05) is 0 Å². The Morgan fingerprint density at radius 2 is 2.27 bits per heavy atom. The smallest absolute Gasteiger partial charge is 0.243 e. The monoisotopic (exact) mass is 270 g/mol. The number of halogens is 1. The molecule has 1 atom stereocenters. The summed E-state index contributed by atoms with van der Waals surface area (Å²) in [6.45, 7) is 0.902. The number of carbonyl (C=O) groups excluding carboxylic acids is 1. The number of hydrogen-bond donors (Lipinski definition) is 2. The van der Waals surface area contributed by atoms with Gasteiger partial charge in [-0.05, 0) is 35.3 Å². The number of nitrogens with one attached hydrogen (secondary N) is 2. The maximum Gasteiger partial charge on any atom is 0.243 e. The molecule has 0 aliphatic carbocycles. The molecule has 80 valence electrons. The minimum absolute atomic E-state index is 0.0603. The van der Waals surface area contributed by atoms with Crippen molar-refractivity contribution in [3.05, 3.63) is 16.9 Å². The minimum Gasteiger partial charge on any atom is -0.306 e. The molecule has 1 amide bonds. The number of carbonyl (C=O) groups is 1. The van der Waals surface area contributed by atoms with Gasteiger partial charge in [0.05, 0.1) is 10.5 Å². The number of hydrogen-bond acceptors (Lipinski definition) is 4. The van der Waals surface area contributed by atoms with Gasteiger partial charge in [0.25, 0.3) is 0 Å². The van der Waals surface area contributed by atoms with E-state index in [1.165, 1.54) is 0 Å². The molecule has 0 saturated carbocycles. The van der Waals surface area contributed by atoms with Gasteiger partial charge in [-0.3, -0.25) is 10.1 Å². The van der Waals surface area contributed by atoms with Crippen molar-refractivity contribution in [3.63, 3.8) is 0 Å². The Labute approximate surface area is 95.8 Å². The second-order valence-corrected chi connectivity index (χ2v) is 4.28. The van der Waals surface area contributed by atoms with Crippen LogP contribution in [0.3, 0.4) is 0 Å². The first kappa shape index (κ1) is 10.5. The summed E-state index contributed by atoms with van der Waals surface area (Å²) in [7, 11) is 0. The van der Waals surface area contributed by atoms with E-state index in [1.807, 2.05) is 0 Å². The molecule has 1 fully saturated rings. The lowest BCUT2D eigenvalue weighted by Gasteiger charge is -2.09. The zero-order valence-electron chi connectivity index (χ0n) is 8.03. The Bertz CT molecular complexity index is 348. The second kappa shape index (κ2) is 4.67. The third-order valence-corrected chi connectivity index (χ3v) is 2.64. The third-order valence-electron chi connectivity index (χ3n) is 2.23. The SMILES string of the molecule is O=C(Nc1ncc(Br)cn1)C1CCCN1. The van der Waals surface area contributed by atoms with Crippen molar-refractivity contribution in [2.24, 2.45) is 0 Å². The molecular weight excluding hydrogens is 260 g/mol. The Balaban J connectivity index is 1.96. The van der Waals surface area contributed by atoms with Crippen molar-refractivity contribution in [2.45, 2.75) is 18.9 Å². The summed E-state index contributed by atoms with van der Waals surface area (Å²) in [5.74, 6) is 0.284. The zero-order valence-corrected chi connectivity index (χ0v) is 9.62. The van der Waals surface area contributed by atoms with Crippen LogP contribution in [0.1, 0.15) is 12.8 Å². The van der Waals surface area contributed by atoms with Crippen molar-refractivity contribution in [1.29, 1.82) is 0 Å². The van der Waals surface area contributed by atoms with E-state index in [9.17, 15) is 4.79 Å². The van der Waals surface area contributed by atoms with E-state index in [4.69, 9.17) is 0 Å². The third kappa shape index (κ3) is 2.73. The fourth-order valence-electron chi connectivity index (χ4n) is 1.48. The highest BCUT2D eigenvalue weighted by molar-refractivity contribution is 9.10. The lowest BCUT2D eigenvalue weighted by molar-refractivity contribution is -0.117. The summed E-state index contributed by atoms with van der Waals surface area (Å²) < 4.78 is 0.791. The van der Waals surface area contributed by atoms with E-state index in [-0.39, 0.29) is 11.9 Å². The highest BCUT2D eigenvalue weighted by atomic mass is 79.9. The highest BCUT2D eigenvalue weighted by Gasteiger charge is 2.22. The molecule has 1 aliphatic rings. The molecule has 0 bridgehead atoms. The molecule has 6 heteroatoms. The first-order valence-corrected chi connectivity index (χ1v) is 5.57. The van der Waals surface area contributed by atoms with Crippen LogP contribution in [0.25, 0.3) is 0 Å². The number of aromatic nitrogens is 2.